The standard InChI is InChI=1S/C16H18FN3O5S/c1-24-15-3-2-11(8-13(15)17)19-16(21)14-9-12(10-18-14)26(22,23)20-4-6-25-7-5-20/h2-3,8-10,18H,4-7H2,1H3,(H,19,21). The third kappa shape index (κ3) is 3.71. The van der Waals surface area contributed by atoms with Crippen LogP contribution in [0.15, 0.2) is 35.4 Å². The lowest BCUT2D eigenvalue weighted by Crippen LogP contribution is -2.40. The summed E-state index contributed by atoms with van der Waals surface area (Å²) in [4.78, 5) is 14.9. The van der Waals surface area contributed by atoms with Crippen LogP contribution in [0.1, 0.15) is 10.5 Å². The second-order valence-corrected chi connectivity index (χ2v) is 7.51. The van der Waals surface area contributed by atoms with Gasteiger partial charge in [-0.2, -0.15) is 4.31 Å². The molecule has 2 aromatic rings. The largest absolute Gasteiger partial charge is 0.494 e. The summed E-state index contributed by atoms with van der Waals surface area (Å²) in [5.41, 5.74) is 0.272. The van der Waals surface area contributed by atoms with Crippen molar-refractivity contribution in [3.8, 4) is 5.75 Å². The van der Waals surface area contributed by atoms with Gasteiger partial charge in [0.15, 0.2) is 11.6 Å². The third-order valence-corrected chi connectivity index (χ3v) is 5.80. The van der Waals surface area contributed by atoms with Crippen LogP contribution in [0.5, 0.6) is 5.75 Å². The quantitative estimate of drug-likeness (QED) is 0.814. The summed E-state index contributed by atoms with van der Waals surface area (Å²) in [6.07, 6.45) is 1.26. The molecule has 1 fully saturated rings. The Hall–Kier alpha value is -2.43. The number of ether oxygens (including phenoxy) is 2. The predicted molar refractivity (Wildman–Crippen MR) is 91.3 cm³/mol. The molecule has 0 spiro atoms. The molecule has 2 heterocycles. The summed E-state index contributed by atoms with van der Waals surface area (Å²) in [5.74, 6) is -1.15. The molecule has 0 unspecified atom stereocenters. The van der Waals surface area contributed by atoms with Gasteiger partial charge in [-0.1, -0.05) is 0 Å². The number of aromatic nitrogens is 1. The van der Waals surface area contributed by atoms with E-state index in [4.69, 9.17) is 9.47 Å². The number of nitrogens with zero attached hydrogens (tertiary/aromatic N) is 1. The Kier molecular flexibility index (Phi) is 5.25. The van der Waals surface area contributed by atoms with Crippen molar-refractivity contribution < 1.29 is 27.1 Å². The van der Waals surface area contributed by atoms with E-state index in [1.165, 1.54) is 35.8 Å². The SMILES string of the molecule is COc1ccc(NC(=O)c2cc(S(=O)(=O)N3CCOCC3)c[nH]2)cc1F. The van der Waals surface area contributed by atoms with Crippen molar-refractivity contribution in [2.24, 2.45) is 0 Å². The Morgan fingerprint density at radius 1 is 1.31 bits per heavy atom. The summed E-state index contributed by atoms with van der Waals surface area (Å²) in [7, 11) is -2.36. The van der Waals surface area contributed by atoms with E-state index in [-0.39, 0.29) is 35.1 Å². The molecule has 140 valence electrons. The van der Waals surface area contributed by atoms with Crippen LogP contribution in [0.4, 0.5) is 10.1 Å². The molecule has 0 bridgehead atoms. The molecule has 1 aromatic carbocycles. The van der Waals surface area contributed by atoms with Gasteiger partial charge in [-0.25, -0.2) is 12.8 Å². The Morgan fingerprint density at radius 3 is 2.69 bits per heavy atom. The van der Waals surface area contributed by atoms with E-state index in [0.717, 1.165) is 6.07 Å². The maximum absolute atomic E-state index is 13.7. The number of benzene rings is 1. The minimum absolute atomic E-state index is 0.00883. The molecule has 26 heavy (non-hydrogen) atoms. The van der Waals surface area contributed by atoms with Gasteiger partial charge in [0.2, 0.25) is 10.0 Å². The Morgan fingerprint density at radius 2 is 2.04 bits per heavy atom. The highest BCUT2D eigenvalue weighted by Crippen LogP contribution is 2.22. The highest BCUT2D eigenvalue weighted by molar-refractivity contribution is 7.89. The molecule has 1 amide bonds. The van der Waals surface area contributed by atoms with E-state index in [0.29, 0.717) is 13.2 Å². The van der Waals surface area contributed by atoms with Crippen molar-refractivity contribution in [1.29, 1.82) is 0 Å². The highest BCUT2D eigenvalue weighted by Gasteiger charge is 2.28. The van der Waals surface area contributed by atoms with E-state index < -0.39 is 21.7 Å². The van der Waals surface area contributed by atoms with E-state index in [1.807, 2.05) is 0 Å². The Labute approximate surface area is 150 Å². The fraction of sp³-hybridized carbons (Fsp3) is 0.312. The summed E-state index contributed by atoms with van der Waals surface area (Å²) in [6.45, 7) is 1.19. The molecule has 1 aliphatic heterocycles. The van der Waals surface area contributed by atoms with Gasteiger partial charge in [-0.05, 0) is 18.2 Å². The first-order valence-electron chi connectivity index (χ1n) is 7.83. The van der Waals surface area contributed by atoms with Gasteiger partial charge in [0.05, 0.1) is 20.3 Å². The van der Waals surface area contributed by atoms with Crippen LogP contribution in [0.25, 0.3) is 0 Å². The topological polar surface area (TPSA) is 101 Å². The zero-order valence-corrected chi connectivity index (χ0v) is 14.8. The molecule has 0 saturated carbocycles. The molecule has 0 radical (unpaired) electrons. The van der Waals surface area contributed by atoms with Gasteiger partial charge in [0, 0.05) is 31.0 Å². The molecule has 1 aromatic heterocycles. The number of methoxy groups -OCH3 is 1. The monoisotopic (exact) mass is 383 g/mol. The number of hydrogen-bond acceptors (Lipinski definition) is 5. The Balaban J connectivity index is 1.74. The van der Waals surface area contributed by atoms with E-state index in [9.17, 15) is 17.6 Å². The van der Waals surface area contributed by atoms with Crippen LogP contribution in [-0.2, 0) is 14.8 Å². The van der Waals surface area contributed by atoms with Crippen molar-refractivity contribution in [2.45, 2.75) is 4.90 Å². The van der Waals surface area contributed by atoms with Crippen LogP contribution < -0.4 is 10.1 Å². The fourth-order valence-corrected chi connectivity index (χ4v) is 3.94. The minimum Gasteiger partial charge on any atom is -0.494 e. The minimum atomic E-state index is -3.70. The van der Waals surface area contributed by atoms with Gasteiger partial charge < -0.3 is 19.8 Å². The van der Waals surface area contributed by atoms with E-state index in [2.05, 4.69) is 10.3 Å². The number of morpholine rings is 1. The lowest BCUT2D eigenvalue weighted by Gasteiger charge is -2.25. The average molecular weight is 383 g/mol. The van der Waals surface area contributed by atoms with Gasteiger partial charge in [0.1, 0.15) is 10.6 Å². The first kappa shape index (κ1) is 18.4. The summed E-state index contributed by atoms with van der Waals surface area (Å²) in [5, 5.41) is 2.50. The number of carbonyl (C=O) groups is 1. The van der Waals surface area contributed by atoms with Crippen molar-refractivity contribution in [2.75, 3.05) is 38.7 Å². The van der Waals surface area contributed by atoms with Crippen molar-refractivity contribution in [1.82, 2.24) is 9.29 Å². The number of aromatic amines is 1. The number of H-pyrrole nitrogens is 1. The van der Waals surface area contributed by atoms with Gasteiger partial charge >= 0.3 is 0 Å². The summed E-state index contributed by atoms with van der Waals surface area (Å²) < 4.78 is 50.1. The van der Waals surface area contributed by atoms with Gasteiger partial charge in [0.25, 0.3) is 5.91 Å². The average Bonchev–Trinajstić information content (AvgIpc) is 3.14. The van der Waals surface area contributed by atoms with Crippen LogP contribution in [-0.4, -0.2) is 57.0 Å². The highest BCUT2D eigenvalue weighted by atomic mass is 32.2. The van der Waals surface area contributed by atoms with Crippen LogP contribution in [0, 0.1) is 5.82 Å². The predicted octanol–water partition coefficient (Wildman–Crippen LogP) is 1.44. The number of halogens is 1. The molecular formula is C16H18FN3O5S. The molecule has 10 heteroatoms. The first-order chi connectivity index (χ1) is 12.4. The number of hydrogen-bond donors (Lipinski definition) is 2. The zero-order valence-electron chi connectivity index (χ0n) is 14.0. The lowest BCUT2D eigenvalue weighted by atomic mass is 10.2. The van der Waals surface area contributed by atoms with Crippen molar-refractivity contribution >= 4 is 21.6 Å². The number of nitrogens with one attached hydrogen (secondary N) is 2. The Bertz CT molecular complexity index is 906. The van der Waals surface area contributed by atoms with Crippen molar-refractivity contribution in [3.63, 3.8) is 0 Å². The van der Waals surface area contributed by atoms with Gasteiger partial charge in [-0.15, -0.1) is 0 Å². The molecule has 3 rings (SSSR count). The molecular weight excluding hydrogens is 365 g/mol. The number of anilines is 1. The number of amides is 1. The molecule has 0 aliphatic carbocycles. The summed E-state index contributed by atoms with van der Waals surface area (Å²) in [6, 6.07) is 5.23. The third-order valence-electron chi connectivity index (χ3n) is 3.92. The molecule has 1 aliphatic rings. The van der Waals surface area contributed by atoms with E-state index >= 15 is 0 Å². The summed E-state index contributed by atoms with van der Waals surface area (Å²) >= 11 is 0. The fourth-order valence-electron chi connectivity index (χ4n) is 2.53. The maximum Gasteiger partial charge on any atom is 0.272 e. The van der Waals surface area contributed by atoms with Crippen molar-refractivity contribution in [3.05, 3.63) is 42.0 Å². The second-order valence-electron chi connectivity index (χ2n) is 5.57. The molecule has 2 N–H and O–H groups in total. The zero-order chi connectivity index (χ0) is 18.7. The number of sulfonamides is 1. The smallest absolute Gasteiger partial charge is 0.272 e. The number of carbonyl (C=O) groups excluding carboxylic acids is 1. The molecule has 0 atom stereocenters. The molecule has 8 nitrogen and oxygen atoms in total. The van der Waals surface area contributed by atoms with Crippen LogP contribution in [0.2, 0.25) is 0 Å². The lowest BCUT2D eigenvalue weighted by molar-refractivity contribution is 0.0730. The molecule has 1 saturated heterocycles. The van der Waals surface area contributed by atoms with Gasteiger partial charge in [-0.3, -0.25) is 4.79 Å². The normalized spacial score (nSPS) is 15.6. The maximum atomic E-state index is 13.7. The van der Waals surface area contributed by atoms with Crippen LogP contribution >= 0.6 is 0 Å². The number of rotatable bonds is 5. The second kappa shape index (κ2) is 7.44. The van der Waals surface area contributed by atoms with Crippen LogP contribution in [0.3, 0.4) is 0 Å². The van der Waals surface area contributed by atoms with E-state index in [1.54, 1.807) is 0 Å². The first-order valence-corrected chi connectivity index (χ1v) is 9.27.